The topological polar surface area (TPSA) is 29.0 Å². The Morgan fingerprint density at radius 1 is 1.04 bits per heavy atom. The Hall–Kier alpha value is -2.33. The molecular weight excluding hydrogens is 313 g/mol. The van der Waals surface area contributed by atoms with Gasteiger partial charge in [0, 0.05) is 48.0 Å². The molecule has 3 aromatic rings. The zero-order valence-corrected chi connectivity index (χ0v) is 14.5. The SMILES string of the molecule is CC1CCCN1CCc1cc2ccc(-c3ccc(F)nc3)cc2cn1. The van der Waals surface area contributed by atoms with Crippen molar-refractivity contribution in [2.24, 2.45) is 0 Å². The van der Waals surface area contributed by atoms with Crippen LogP contribution in [0.3, 0.4) is 0 Å². The van der Waals surface area contributed by atoms with Crippen molar-refractivity contribution in [3.8, 4) is 11.1 Å². The van der Waals surface area contributed by atoms with Gasteiger partial charge in [-0.25, -0.2) is 4.98 Å². The van der Waals surface area contributed by atoms with Crippen LogP contribution in [0.2, 0.25) is 0 Å². The third kappa shape index (κ3) is 3.54. The van der Waals surface area contributed by atoms with Gasteiger partial charge >= 0.3 is 0 Å². The maximum atomic E-state index is 13.0. The fourth-order valence-corrected chi connectivity index (χ4v) is 3.63. The van der Waals surface area contributed by atoms with E-state index < -0.39 is 5.95 Å². The van der Waals surface area contributed by atoms with Crippen molar-refractivity contribution in [3.63, 3.8) is 0 Å². The van der Waals surface area contributed by atoms with E-state index >= 15 is 0 Å². The highest BCUT2D eigenvalue weighted by Gasteiger charge is 2.19. The molecule has 1 saturated heterocycles. The molecule has 3 heterocycles. The van der Waals surface area contributed by atoms with Crippen LogP contribution in [0.25, 0.3) is 21.9 Å². The molecule has 0 radical (unpaired) electrons. The quantitative estimate of drug-likeness (QED) is 0.659. The molecule has 0 bridgehead atoms. The minimum Gasteiger partial charge on any atom is -0.300 e. The first kappa shape index (κ1) is 16.2. The van der Waals surface area contributed by atoms with Crippen LogP contribution < -0.4 is 0 Å². The Balaban J connectivity index is 1.53. The van der Waals surface area contributed by atoms with E-state index in [0.717, 1.165) is 35.2 Å². The van der Waals surface area contributed by atoms with Gasteiger partial charge in [0.15, 0.2) is 0 Å². The number of pyridine rings is 2. The van der Waals surface area contributed by atoms with Crippen molar-refractivity contribution >= 4 is 10.8 Å². The lowest BCUT2D eigenvalue weighted by atomic mass is 10.0. The maximum absolute atomic E-state index is 13.0. The lowest BCUT2D eigenvalue weighted by Crippen LogP contribution is -2.29. The maximum Gasteiger partial charge on any atom is 0.212 e. The van der Waals surface area contributed by atoms with Crippen LogP contribution in [-0.4, -0.2) is 34.0 Å². The summed E-state index contributed by atoms with van der Waals surface area (Å²) in [5.74, 6) is -0.455. The highest BCUT2D eigenvalue weighted by molar-refractivity contribution is 5.86. The van der Waals surface area contributed by atoms with E-state index in [2.05, 4.69) is 46.1 Å². The standard InChI is InChI=1S/C21H22FN3/c1-15-3-2-9-25(15)10-8-20-12-17-5-4-16(11-19(17)14-23-20)18-6-7-21(22)24-13-18/h4-7,11-15H,2-3,8-10H2,1H3. The average Bonchev–Trinajstić information content (AvgIpc) is 3.05. The summed E-state index contributed by atoms with van der Waals surface area (Å²) in [6.07, 6.45) is 7.12. The molecule has 2 aromatic heterocycles. The number of fused-ring (bicyclic) bond motifs is 1. The monoisotopic (exact) mass is 335 g/mol. The van der Waals surface area contributed by atoms with Crippen molar-refractivity contribution in [1.29, 1.82) is 0 Å². The predicted molar refractivity (Wildman–Crippen MR) is 98.9 cm³/mol. The number of hydrogen-bond donors (Lipinski definition) is 0. The lowest BCUT2D eigenvalue weighted by Gasteiger charge is -2.20. The van der Waals surface area contributed by atoms with Crippen LogP contribution in [-0.2, 0) is 6.42 Å². The first-order valence-electron chi connectivity index (χ1n) is 8.94. The number of benzene rings is 1. The summed E-state index contributed by atoms with van der Waals surface area (Å²) >= 11 is 0. The summed E-state index contributed by atoms with van der Waals surface area (Å²) in [4.78, 5) is 10.9. The summed E-state index contributed by atoms with van der Waals surface area (Å²) in [6.45, 7) is 4.61. The van der Waals surface area contributed by atoms with Crippen LogP contribution >= 0.6 is 0 Å². The minimum absolute atomic E-state index is 0.455. The summed E-state index contributed by atoms with van der Waals surface area (Å²) < 4.78 is 13.0. The molecule has 0 spiro atoms. The second-order valence-corrected chi connectivity index (χ2v) is 6.88. The van der Waals surface area contributed by atoms with Crippen molar-refractivity contribution in [2.75, 3.05) is 13.1 Å². The van der Waals surface area contributed by atoms with Crippen molar-refractivity contribution in [3.05, 3.63) is 60.4 Å². The van der Waals surface area contributed by atoms with E-state index in [0.29, 0.717) is 6.04 Å². The first-order valence-corrected chi connectivity index (χ1v) is 8.94. The van der Waals surface area contributed by atoms with Gasteiger partial charge in [0.2, 0.25) is 5.95 Å². The molecule has 1 aliphatic rings. The zero-order chi connectivity index (χ0) is 17.2. The normalized spacial score (nSPS) is 18.1. The number of nitrogens with zero attached hydrogens (tertiary/aromatic N) is 3. The van der Waals surface area contributed by atoms with E-state index in [4.69, 9.17) is 0 Å². The third-order valence-electron chi connectivity index (χ3n) is 5.18. The Bertz CT molecular complexity index is 876. The van der Waals surface area contributed by atoms with Gasteiger partial charge in [0.25, 0.3) is 0 Å². The van der Waals surface area contributed by atoms with Gasteiger partial charge in [0.05, 0.1) is 0 Å². The minimum atomic E-state index is -0.455. The van der Waals surface area contributed by atoms with Gasteiger partial charge in [-0.3, -0.25) is 4.98 Å². The molecule has 1 aliphatic heterocycles. The van der Waals surface area contributed by atoms with Gasteiger partial charge in [-0.15, -0.1) is 0 Å². The van der Waals surface area contributed by atoms with Gasteiger partial charge in [-0.2, -0.15) is 4.39 Å². The molecule has 0 saturated carbocycles. The van der Waals surface area contributed by atoms with Crippen molar-refractivity contribution in [1.82, 2.24) is 14.9 Å². The number of aromatic nitrogens is 2. The van der Waals surface area contributed by atoms with E-state index in [-0.39, 0.29) is 0 Å². The smallest absolute Gasteiger partial charge is 0.212 e. The third-order valence-corrected chi connectivity index (χ3v) is 5.18. The molecule has 1 fully saturated rings. The largest absolute Gasteiger partial charge is 0.300 e. The molecular formula is C21H22FN3. The van der Waals surface area contributed by atoms with Crippen LogP contribution in [0.15, 0.2) is 48.8 Å². The summed E-state index contributed by atoms with van der Waals surface area (Å²) in [6, 6.07) is 12.3. The summed E-state index contributed by atoms with van der Waals surface area (Å²) in [5, 5.41) is 2.29. The number of halogens is 1. The van der Waals surface area contributed by atoms with Crippen LogP contribution in [0.4, 0.5) is 4.39 Å². The van der Waals surface area contributed by atoms with Crippen molar-refractivity contribution in [2.45, 2.75) is 32.2 Å². The van der Waals surface area contributed by atoms with Crippen LogP contribution in [0.5, 0.6) is 0 Å². The second kappa shape index (κ2) is 6.89. The number of hydrogen-bond acceptors (Lipinski definition) is 3. The average molecular weight is 335 g/mol. The molecule has 128 valence electrons. The summed E-state index contributed by atoms with van der Waals surface area (Å²) in [5.41, 5.74) is 3.08. The molecule has 1 atom stereocenters. The molecule has 4 rings (SSSR count). The Morgan fingerprint density at radius 2 is 1.92 bits per heavy atom. The Kier molecular flexibility index (Phi) is 4.45. The van der Waals surface area contributed by atoms with E-state index in [1.165, 1.54) is 30.8 Å². The molecule has 3 nitrogen and oxygen atoms in total. The van der Waals surface area contributed by atoms with Gasteiger partial charge in [-0.1, -0.05) is 12.1 Å². The molecule has 4 heteroatoms. The highest BCUT2D eigenvalue weighted by Crippen LogP contribution is 2.24. The van der Waals surface area contributed by atoms with Crippen molar-refractivity contribution < 1.29 is 4.39 Å². The molecule has 0 aliphatic carbocycles. The Morgan fingerprint density at radius 3 is 2.68 bits per heavy atom. The predicted octanol–water partition coefficient (Wildman–Crippen LogP) is 4.46. The van der Waals surface area contributed by atoms with Crippen LogP contribution in [0.1, 0.15) is 25.5 Å². The van der Waals surface area contributed by atoms with E-state index in [1.54, 1.807) is 12.3 Å². The molecule has 1 unspecified atom stereocenters. The number of likely N-dealkylation sites (tertiary alicyclic amines) is 1. The first-order chi connectivity index (χ1) is 12.2. The second-order valence-electron chi connectivity index (χ2n) is 6.88. The van der Waals surface area contributed by atoms with Gasteiger partial charge in [-0.05, 0) is 61.5 Å². The van der Waals surface area contributed by atoms with Gasteiger partial charge < -0.3 is 4.90 Å². The van der Waals surface area contributed by atoms with E-state index in [9.17, 15) is 4.39 Å². The fourth-order valence-electron chi connectivity index (χ4n) is 3.63. The van der Waals surface area contributed by atoms with Crippen LogP contribution in [0, 0.1) is 5.95 Å². The van der Waals surface area contributed by atoms with E-state index in [1.807, 2.05) is 6.20 Å². The molecule has 0 amide bonds. The molecule has 1 aromatic carbocycles. The fraction of sp³-hybridized carbons (Fsp3) is 0.333. The zero-order valence-electron chi connectivity index (χ0n) is 14.5. The molecule has 0 N–H and O–H groups in total. The Labute approximate surface area is 147 Å². The highest BCUT2D eigenvalue weighted by atomic mass is 19.1. The van der Waals surface area contributed by atoms with Gasteiger partial charge in [0.1, 0.15) is 0 Å². The number of rotatable bonds is 4. The molecule has 25 heavy (non-hydrogen) atoms. The lowest BCUT2D eigenvalue weighted by molar-refractivity contribution is 0.271. The summed E-state index contributed by atoms with van der Waals surface area (Å²) in [7, 11) is 0.